The van der Waals surface area contributed by atoms with Gasteiger partial charge in [0.05, 0.1) is 25.4 Å². The van der Waals surface area contributed by atoms with E-state index in [0.717, 1.165) is 38.5 Å². The van der Waals surface area contributed by atoms with Gasteiger partial charge in [-0.1, -0.05) is 386 Å². The molecule has 0 bridgehead atoms. The van der Waals surface area contributed by atoms with Crippen LogP contribution in [0, 0.1) is 0 Å². The highest BCUT2D eigenvalue weighted by molar-refractivity contribution is 5.76. The normalized spacial score (nSPS) is 18.0. The molecule has 0 radical (unpaired) electrons. The third-order valence-corrected chi connectivity index (χ3v) is 19.1. The Balaban J connectivity index is 2.05. The van der Waals surface area contributed by atoms with Gasteiger partial charge < -0.3 is 40.3 Å². The summed E-state index contributed by atoms with van der Waals surface area (Å²) in [7, 11) is 0. The van der Waals surface area contributed by atoms with Crippen molar-refractivity contribution in [2.24, 2.45) is 0 Å². The van der Waals surface area contributed by atoms with E-state index in [1.54, 1.807) is 0 Å². The Kier molecular flexibility index (Phi) is 64.5. The fourth-order valence-electron chi connectivity index (χ4n) is 13.0. The molecular weight excluding hydrogens is 1070 g/mol. The smallest absolute Gasteiger partial charge is 0.220 e. The molecule has 1 rings (SSSR count). The van der Waals surface area contributed by atoms with Crippen molar-refractivity contribution in [3.05, 3.63) is 12.2 Å². The highest BCUT2D eigenvalue weighted by Crippen LogP contribution is 2.24. The van der Waals surface area contributed by atoms with E-state index in [4.69, 9.17) is 9.47 Å². The Labute approximate surface area is 535 Å². The summed E-state index contributed by atoms with van der Waals surface area (Å²) in [6.07, 6.45) is 80.3. The van der Waals surface area contributed by atoms with Crippen LogP contribution in [0.25, 0.3) is 0 Å². The number of carbonyl (C=O) groups is 1. The van der Waals surface area contributed by atoms with Crippen LogP contribution in [-0.2, 0) is 14.3 Å². The van der Waals surface area contributed by atoms with Gasteiger partial charge in [-0.15, -0.1) is 0 Å². The third-order valence-electron chi connectivity index (χ3n) is 19.1. The first kappa shape index (κ1) is 82.9. The molecule has 9 heteroatoms. The van der Waals surface area contributed by atoms with Crippen molar-refractivity contribution in [2.45, 2.75) is 461 Å². The zero-order valence-electron chi connectivity index (χ0n) is 57.6. The Morgan fingerprint density at radius 3 is 0.942 bits per heavy atom. The van der Waals surface area contributed by atoms with Crippen LogP contribution in [0.2, 0.25) is 0 Å². The van der Waals surface area contributed by atoms with E-state index in [0.29, 0.717) is 12.8 Å². The van der Waals surface area contributed by atoms with Gasteiger partial charge in [-0.3, -0.25) is 4.79 Å². The number of aliphatic hydroxyl groups is 5. The number of ether oxygens (including phenoxy) is 2. The number of carbonyl (C=O) groups excluding carboxylic acids is 1. The zero-order valence-corrected chi connectivity index (χ0v) is 57.6. The topological polar surface area (TPSA) is 149 Å². The predicted molar refractivity (Wildman–Crippen MR) is 369 cm³/mol. The fraction of sp³-hybridized carbons (Fsp3) is 0.961. The first-order valence-corrected chi connectivity index (χ1v) is 38.9. The molecule has 6 N–H and O–H groups in total. The van der Waals surface area contributed by atoms with Crippen molar-refractivity contribution in [2.75, 3.05) is 13.2 Å². The van der Waals surface area contributed by atoms with Crippen LogP contribution >= 0.6 is 0 Å². The molecule has 1 fully saturated rings. The molecule has 0 aromatic rings. The van der Waals surface area contributed by atoms with Crippen LogP contribution in [0.15, 0.2) is 12.2 Å². The molecule has 1 aliphatic heterocycles. The summed E-state index contributed by atoms with van der Waals surface area (Å²) >= 11 is 0. The van der Waals surface area contributed by atoms with Crippen LogP contribution < -0.4 is 5.32 Å². The second kappa shape index (κ2) is 66.8. The molecule has 7 atom stereocenters. The number of aliphatic hydroxyl groups excluding tert-OH is 5. The van der Waals surface area contributed by atoms with Crippen LogP contribution in [-0.4, -0.2) is 87.5 Å². The Morgan fingerprint density at radius 1 is 0.384 bits per heavy atom. The van der Waals surface area contributed by atoms with Gasteiger partial charge in [0.2, 0.25) is 5.91 Å². The molecule has 0 spiro atoms. The minimum Gasteiger partial charge on any atom is -0.394 e. The Bertz CT molecular complexity index is 1360. The maximum Gasteiger partial charge on any atom is 0.220 e. The fourth-order valence-corrected chi connectivity index (χ4v) is 13.0. The quantitative estimate of drug-likeness (QED) is 0.0261. The molecule has 86 heavy (non-hydrogen) atoms. The van der Waals surface area contributed by atoms with E-state index < -0.39 is 49.5 Å². The maximum atomic E-state index is 13.2. The van der Waals surface area contributed by atoms with Gasteiger partial charge in [-0.25, -0.2) is 0 Å². The van der Waals surface area contributed by atoms with Gasteiger partial charge in [0.1, 0.15) is 24.4 Å². The van der Waals surface area contributed by atoms with Gasteiger partial charge in [0.15, 0.2) is 6.29 Å². The van der Waals surface area contributed by atoms with E-state index in [1.165, 1.54) is 353 Å². The summed E-state index contributed by atoms with van der Waals surface area (Å²) in [5.41, 5.74) is 0. The van der Waals surface area contributed by atoms with Crippen molar-refractivity contribution in [3.63, 3.8) is 0 Å². The first-order chi connectivity index (χ1) is 42.3. The molecule has 0 aromatic carbocycles. The van der Waals surface area contributed by atoms with Gasteiger partial charge in [-0.05, 0) is 38.5 Å². The largest absolute Gasteiger partial charge is 0.394 e. The second-order valence-electron chi connectivity index (χ2n) is 27.5. The lowest BCUT2D eigenvalue weighted by Gasteiger charge is -2.40. The van der Waals surface area contributed by atoms with E-state index >= 15 is 0 Å². The molecular formula is C77H151NO8. The summed E-state index contributed by atoms with van der Waals surface area (Å²) in [4.78, 5) is 13.2. The SMILES string of the molecule is CCCCCCCCCC/C=C\CCCCCCCCCCCCCCCCCCCCCCCCCC(=O)NC(COC1OC(CO)C(O)C(O)C1O)C(O)CCCCCCCCCCCCCCCCCCCCCCCCCCCCCC. The van der Waals surface area contributed by atoms with Crippen molar-refractivity contribution in [1.29, 1.82) is 0 Å². The third kappa shape index (κ3) is 54.6. The Morgan fingerprint density at radius 2 is 0.651 bits per heavy atom. The number of unbranched alkanes of at least 4 members (excludes halogenated alkanes) is 58. The second-order valence-corrected chi connectivity index (χ2v) is 27.5. The number of allylic oxidation sites excluding steroid dienone is 2. The lowest BCUT2D eigenvalue weighted by Crippen LogP contribution is -2.60. The van der Waals surface area contributed by atoms with Crippen molar-refractivity contribution in [1.82, 2.24) is 5.32 Å². The highest BCUT2D eigenvalue weighted by Gasteiger charge is 2.44. The standard InChI is InChI=1S/C77H151NO8/c1-3-5-7-9-11-13-15-17-19-21-23-25-27-29-31-33-34-35-36-37-38-39-41-43-45-47-49-51-53-55-57-59-61-63-65-67-73(81)78-70(69-85-77-76(84)75(83)74(82)72(68-79)86-77)71(80)66-64-62-60-58-56-54-52-50-48-46-44-42-40-32-30-28-26-24-22-20-18-16-14-12-10-8-6-4-2/h21,23,70-72,74-77,79-80,82-84H,3-20,22,24-69H2,1-2H3,(H,78,81)/b23-21-. The van der Waals surface area contributed by atoms with E-state index in [-0.39, 0.29) is 12.5 Å². The Hall–Kier alpha value is -1.07. The van der Waals surface area contributed by atoms with Crippen LogP contribution in [0.3, 0.4) is 0 Å². The molecule has 7 unspecified atom stereocenters. The molecule has 1 saturated heterocycles. The van der Waals surface area contributed by atoms with Crippen LogP contribution in [0.4, 0.5) is 0 Å². The lowest BCUT2D eigenvalue weighted by atomic mass is 9.99. The van der Waals surface area contributed by atoms with E-state index in [2.05, 4.69) is 31.3 Å². The number of nitrogens with one attached hydrogen (secondary N) is 1. The van der Waals surface area contributed by atoms with Crippen LogP contribution in [0.5, 0.6) is 0 Å². The molecule has 9 nitrogen and oxygen atoms in total. The van der Waals surface area contributed by atoms with Gasteiger partial charge in [0.25, 0.3) is 0 Å². The number of amides is 1. The maximum absolute atomic E-state index is 13.2. The van der Waals surface area contributed by atoms with Crippen molar-refractivity contribution in [3.8, 4) is 0 Å². The van der Waals surface area contributed by atoms with Gasteiger partial charge >= 0.3 is 0 Å². The molecule has 1 amide bonds. The minimum atomic E-state index is -1.55. The first-order valence-electron chi connectivity index (χ1n) is 38.9. The summed E-state index contributed by atoms with van der Waals surface area (Å²) in [6, 6.07) is -0.717. The summed E-state index contributed by atoms with van der Waals surface area (Å²) in [6.45, 7) is 3.91. The van der Waals surface area contributed by atoms with Gasteiger partial charge in [-0.2, -0.15) is 0 Å². The summed E-state index contributed by atoms with van der Waals surface area (Å²) < 4.78 is 11.4. The van der Waals surface area contributed by atoms with E-state index in [1.807, 2.05) is 0 Å². The average Bonchev–Trinajstić information content (AvgIpc) is 3.65. The lowest BCUT2D eigenvalue weighted by molar-refractivity contribution is -0.302. The van der Waals surface area contributed by atoms with Gasteiger partial charge in [0, 0.05) is 6.42 Å². The monoisotopic (exact) mass is 1220 g/mol. The molecule has 0 aromatic heterocycles. The van der Waals surface area contributed by atoms with Crippen molar-refractivity contribution >= 4 is 5.91 Å². The predicted octanol–water partition coefficient (Wildman–Crippen LogP) is 21.8. The summed E-state index contributed by atoms with van der Waals surface area (Å²) in [5.74, 6) is -0.133. The van der Waals surface area contributed by atoms with Crippen LogP contribution in [0.1, 0.15) is 418 Å². The highest BCUT2D eigenvalue weighted by atomic mass is 16.7. The minimum absolute atomic E-state index is 0.131. The number of hydrogen-bond acceptors (Lipinski definition) is 8. The molecule has 1 aliphatic rings. The zero-order chi connectivity index (χ0) is 62.1. The summed E-state index contributed by atoms with van der Waals surface area (Å²) in [5, 5.41) is 55.1. The average molecular weight is 1220 g/mol. The number of hydrogen-bond donors (Lipinski definition) is 6. The molecule has 512 valence electrons. The van der Waals surface area contributed by atoms with Crippen molar-refractivity contribution < 1.29 is 39.8 Å². The molecule has 1 heterocycles. The van der Waals surface area contributed by atoms with E-state index in [9.17, 15) is 30.3 Å². The molecule has 0 saturated carbocycles. The number of rotatable bonds is 70. The molecule has 0 aliphatic carbocycles.